The van der Waals surface area contributed by atoms with Crippen molar-refractivity contribution in [1.82, 2.24) is 5.01 Å². The van der Waals surface area contributed by atoms with E-state index in [1.54, 1.807) is 12.1 Å². The Labute approximate surface area is 126 Å². The lowest BCUT2D eigenvalue weighted by Crippen LogP contribution is -2.35. The molecule has 6 nitrogen and oxygen atoms in total. The minimum Gasteiger partial charge on any atom is -0.465 e. The summed E-state index contributed by atoms with van der Waals surface area (Å²) in [6.07, 6.45) is 5.99. The molecule has 0 unspecified atom stereocenters. The number of hydrazone groups is 1. The molecule has 7 heteroatoms. The van der Waals surface area contributed by atoms with Crippen LogP contribution in [0.4, 0.5) is 0 Å². The lowest BCUT2D eigenvalue weighted by Gasteiger charge is -2.19. The first kappa shape index (κ1) is 13.8. The van der Waals surface area contributed by atoms with E-state index in [1.807, 2.05) is 0 Å². The van der Waals surface area contributed by atoms with Crippen LogP contribution < -0.4 is 0 Å². The number of amides is 1. The predicted molar refractivity (Wildman–Crippen MR) is 83.2 cm³/mol. The molecule has 1 aromatic rings. The Balaban J connectivity index is 1.88. The van der Waals surface area contributed by atoms with Gasteiger partial charge < -0.3 is 4.42 Å². The molecule has 1 amide bonds. The fourth-order valence-corrected chi connectivity index (χ4v) is 2.90. The molecule has 0 aromatic carbocycles. The average molecular weight is 302 g/mol. The summed E-state index contributed by atoms with van der Waals surface area (Å²) in [7, 11) is 0. The molecular formula is C14H14N4O2S. The molecule has 0 atom stereocenters. The van der Waals surface area contributed by atoms with E-state index in [2.05, 4.69) is 17.0 Å². The third kappa shape index (κ3) is 2.69. The maximum Gasteiger partial charge on any atom is 0.283 e. The summed E-state index contributed by atoms with van der Waals surface area (Å²) in [5.74, 6) is 0.131. The van der Waals surface area contributed by atoms with E-state index in [-0.39, 0.29) is 11.4 Å². The Bertz CT molecular complexity index is 673. The van der Waals surface area contributed by atoms with Crippen molar-refractivity contribution in [2.45, 2.75) is 26.2 Å². The van der Waals surface area contributed by atoms with E-state index in [9.17, 15) is 4.79 Å². The van der Waals surface area contributed by atoms with Gasteiger partial charge in [0.25, 0.3) is 5.91 Å². The number of thioether (sulfide) groups is 1. The Morgan fingerprint density at radius 1 is 1.52 bits per heavy atom. The summed E-state index contributed by atoms with van der Waals surface area (Å²) in [4.78, 5) is 16.1. The molecule has 3 heterocycles. The number of nitrogens with zero attached hydrogens (tertiary/aromatic N) is 3. The molecule has 0 saturated carbocycles. The van der Waals surface area contributed by atoms with Gasteiger partial charge in [0.1, 0.15) is 10.8 Å². The van der Waals surface area contributed by atoms with Gasteiger partial charge in [-0.1, -0.05) is 13.3 Å². The van der Waals surface area contributed by atoms with E-state index in [0.29, 0.717) is 10.9 Å². The normalized spacial score (nSPS) is 19.9. The largest absolute Gasteiger partial charge is 0.465 e. The Hall–Kier alpha value is -2.15. The second-order valence-electron chi connectivity index (χ2n) is 4.63. The average Bonchev–Trinajstić information content (AvgIpc) is 3.10. The number of hydrogen-bond donors (Lipinski definition) is 1. The fraction of sp³-hybridized carbons (Fsp3) is 0.286. The van der Waals surface area contributed by atoms with Gasteiger partial charge in [0.15, 0.2) is 5.84 Å². The molecule has 21 heavy (non-hydrogen) atoms. The van der Waals surface area contributed by atoms with Crippen molar-refractivity contribution in [2.75, 3.05) is 0 Å². The van der Waals surface area contributed by atoms with Gasteiger partial charge in [0.05, 0.1) is 11.8 Å². The monoisotopic (exact) mass is 302 g/mol. The molecule has 0 spiro atoms. The van der Waals surface area contributed by atoms with E-state index in [0.717, 1.165) is 24.3 Å². The SMILES string of the molecule is CCCCC1=NN2C(=N)/C(=C/c3ccco3)C(=O)N=C2S1. The van der Waals surface area contributed by atoms with Crippen molar-refractivity contribution in [1.29, 1.82) is 5.41 Å². The van der Waals surface area contributed by atoms with E-state index in [4.69, 9.17) is 9.83 Å². The Morgan fingerprint density at radius 3 is 3.10 bits per heavy atom. The highest BCUT2D eigenvalue weighted by Crippen LogP contribution is 2.29. The van der Waals surface area contributed by atoms with Gasteiger partial charge in [-0.2, -0.15) is 15.1 Å². The highest BCUT2D eigenvalue weighted by Gasteiger charge is 2.35. The number of furan rings is 1. The van der Waals surface area contributed by atoms with Crippen LogP contribution in [0.5, 0.6) is 0 Å². The lowest BCUT2D eigenvalue weighted by molar-refractivity contribution is -0.114. The topological polar surface area (TPSA) is 82.0 Å². The molecule has 1 aromatic heterocycles. The third-order valence-electron chi connectivity index (χ3n) is 3.07. The molecule has 108 valence electrons. The zero-order valence-electron chi connectivity index (χ0n) is 11.5. The molecule has 0 radical (unpaired) electrons. The Kier molecular flexibility index (Phi) is 3.74. The van der Waals surface area contributed by atoms with Crippen LogP contribution >= 0.6 is 11.8 Å². The maximum absolute atomic E-state index is 12.1. The smallest absolute Gasteiger partial charge is 0.283 e. The molecule has 0 aliphatic carbocycles. The van der Waals surface area contributed by atoms with E-state index in [1.165, 1.54) is 29.1 Å². The van der Waals surface area contributed by atoms with Crippen LogP contribution in [0.3, 0.4) is 0 Å². The van der Waals surface area contributed by atoms with E-state index < -0.39 is 5.91 Å². The van der Waals surface area contributed by atoms with Gasteiger partial charge in [-0.25, -0.2) is 0 Å². The van der Waals surface area contributed by atoms with Crippen LogP contribution in [0.1, 0.15) is 31.9 Å². The van der Waals surface area contributed by atoms with Crippen LogP contribution in [-0.4, -0.2) is 27.0 Å². The van der Waals surface area contributed by atoms with Gasteiger partial charge in [0.2, 0.25) is 5.17 Å². The third-order valence-corrected chi connectivity index (χ3v) is 4.04. The first-order valence-electron chi connectivity index (χ1n) is 6.71. The van der Waals surface area contributed by atoms with Crippen LogP contribution in [0.15, 0.2) is 38.5 Å². The number of nitrogens with one attached hydrogen (secondary N) is 1. The summed E-state index contributed by atoms with van der Waals surface area (Å²) < 4.78 is 5.19. The number of aliphatic imine (C=N–C) groups is 1. The number of carbonyl (C=O) groups is 1. The molecule has 2 aliphatic rings. The molecule has 1 N–H and O–H groups in total. The van der Waals surface area contributed by atoms with Crippen LogP contribution in [0.25, 0.3) is 6.08 Å². The van der Waals surface area contributed by atoms with Crippen molar-refractivity contribution < 1.29 is 9.21 Å². The zero-order chi connectivity index (χ0) is 14.8. The lowest BCUT2D eigenvalue weighted by atomic mass is 10.1. The van der Waals surface area contributed by atoms with Crippen LogP contribution in [-0.2, 0) is 4.79 Å². The second kappa shape index (κ2) is 5.69. The summed E-state index contributed by atoms with van der Waals surface area (Å²) >= 11 is 1.37. The van der Waals surface area contributed by atoms with Gasteiger partial charge in [0, 0.05) is 0 Å². The standard InChI is InChI=1S/C14H14N4O2S/c1-2-3-6-11-17-18-12(15)10(8-9-5-4-7-20-9)13(19)16-14(18)21-11/h4-5,7-8,15H,2-3,6H2,1H3/b10-8-,15-12?. The van der Waals surface area contributed by atoms with Gasteiger partial charge in [-0.05, 0) is 42.8 Å². The minimum atomic E-state index is -0.429. The first-order valence-corrected chi connectivity index (χ1v) is 7.53. The highest BCUT2D eigenvalue weighted by molar-refractivity contribution is 8.26. The van der Waals surface area contributed by atoms with Crippen molar-refractivity contribution in [3.8, 4) is 0 Å². The van der Waals surface area contributed by atoms with Crippen molar-refractivity contribution in [3.63, 3.8) is 0 Å². The van der Waals surface area contributed by atoms with Crippen molar-refractivity contribution >= 4 is 39.8 Å². The number of carbonyl (C=O) groups excluding carboxylic acids is 1. The van der Waals surface area contributed by atoms with Gasteiger partial charge in [-0.15, -0.1) is 0 Å². The molecule has 0 bridgehead atoms. The summed E-state index contributed by atoms with van der Waals surface area (Å²) in [5.41, 5.74) is 0.190. The number of unbranched alkanes of at least 4 members (excludes halogenated alkanes) is 1. The van der Waals surface area contributed by atoms with Crippen LogP contribution in [0.2, 0.25) is 0 Å². The zero-order valence-corrected chi connectivity index (χ0v) is 12.3. The first-order chi connectivity index (χ1) is 10.2. The molecule has 3 rings (SSSR count). The predicted octanol–water partition coefficient (Wildman–Crippen LogP) is 3.09. The fourth-order valence-electron chi connectivity index (χ4n) is 1.98. The number of fused-ring (bicyclic) bond motifs is 1. The minimum absolute atomic E-state index is 0.0420. The number of hydrogen-bond acceptors (Lipinski definition) is 5. The molecule has 0 saturated heterocycles. The summed E-state index contributed by atoms with van der Waals surface area (Å²) in [6.45, 7) is 2.11. The van der Waals surface area contributed by atoms with E-state index >= 15 is 0 Å². The second-order valence-corrected chi connectivity index (χ2v) is 5.67. The van der Waals surface area contributed by atoms with Crippen LogP contribution in [0, 0.1) is 5.41 Å². The van der Waals surface area contributed by atoms with Gasteiger partial charge >= 0.3 is 0 Å². The quantitative estimate of drug-likeness (QED) is 0.866. The van der Waals surface area contributed by atoms with Crippen molar-refractivity contribution in [2.24, 2.45) is 10.1 Å². The molecule has 0 fully saturated rings. The summed E-state index contributed by atoms with van der Waals surface area (Å²) in [5, 5.41) is 15.3. The Morgan fingerprint density at radius 2 is 2.38 bits per heavy atom. The van der Waals surface area contributed by atoms with Crippen molar-refractivity contribution in [3.05, 3.63) is 29.7 Å². The molecule has 2 aliphatic heterocycles. The summed E-state index contributed by atoms with van der Waals surface area (Å²) in [6, 6.07) is 3.45. The van der Waals surface area contributed by atoms with Gasteiger partial charge in [-0.3, -0.25) is 10.2 Å². The number of amidine groups is 2. The maximum atomic E-state index is 12.1. The highest BCUT2D eigenvalue weighted by atomic mass is 32.2. The molecular weight excluding hydrogens is 288 g/mol. The number of rotatable bonds is 4.